The maximum atomic E-state index is 11.9. The number of hydrogen-bond donors (Lipinski definition) is 0. The number of hydrogen-bond acceptors (Lipinski definition) is 3. The second kappa shape index (κ2) is 5.04. The van der Waals surface area contributed by atoms with Gasteiger partial charge >= 0.3 is 5.69 Å². The molecule has 0 saturated carbocycles. The maximum Gasteiger partial charge on any atom is 0.305 e. The molecule has 0 atom stereocenters. The molecule has 6 heteroatoms. The van der Waals surface area contributed by atoms with Gasteiger partial charge in [0.2, 0.25) is 0 Å². The fourth-order valence-electron chi connectivity index (χ4n) is 3.66. The minimum absolute atomic E-state index is 0.127. The van der Waals surface area contributed by atoms with E-state index in [0.29, 0.717) is 23.6 Å². The van der Waals surface area contributed by atoms with Crippen LogP contribution in [-0.2, 0) is 13.1 Å². The normalized spacial score (nSPS) is 12.8. The quantitative estimate of drug-likeness (QED) is 0.411. The van der Waals surface area contributed by atoms with Crippen molar-refractivity contribution in [3.63, 3.8) is 0 Å². The van der Waals surface area contributed by atoms with Gasteiger partial charge in [-0.25, -0.2) is 4.98 Å². The third kappa shape index (κ3) is 1.94. The lowest BCUT2D eigenvalue weighted by Gasteiger charge is -2.17. The van der Waals surface area contributed by atoms with Crippen LogP contribution in [0.4, 0.5) is 5.69 Å². The predicted octanol–water partition coefficient (Wildman–Crippen LogP) is 4.09. The van der Waals surface area contributed by atoms with E-state index in [9.17, 15) is 10.1 Å². The fraction of sp³-hybridized carbons (Fsp3) is 0.105. The predicted molar refractivity (Wildman–Crippen MR) is 95.2 cm³/mol. The molecule has 122 valence electrons. The van der Waals surface area contributed by atoms with Gasteiger partial charge in [-0.1, -0.05) is 42.5 Å². The van der Waals surface area contributed by atoms with E-state index < -0.39 is 0 Å². The number of aromatic nitrogens is 3. The van der Waals surface area contributed by atoms with E-state index in [2.05, 4.69) is 9.55 Å². The molecule has 6 nitrogen and oxygen atoms in total. The lowest BCUT2D eigenvalue weighted by Crippen LogP contribution is -2.16. The summed E-state index contributed by atoms with van der Waals surface area (Å²) in [5.41, 5.74) is 4.08. The summed E-state index contributed by atoms with van der Waals surface area (Å²) >= 11 is 0. The average Bonchev–Trinajstić information content (AvgIpc) is 3.20. The van der Waals surface area contributed by atoms with Crippen molar-refractivity contribution >= 4 is 16.7 Å². The van der Waals surface area contributed by atoms with Gasteiger partial charge < -0.3 is 9.13 Å². The molecular formula is C19H14N4O2. The number of para-hydroxylation sites is 2. The van der Waals surface area contributed by atoms with Crippen molar-refractivity contribution in [2.75, 3.05) is 0 Å². The Labute approximate surface area is 143 Å². The van der Waals surface area contributed by atoms with Gasteiger partial charge in [0.15, 0.2) is 11.5 Å². The number of benzene rings is 2. The number of rotatable bonds is 2. The molecule has 0 spiro atoms. The highest BCUT2D eigenvalue weighted by Crippen LogP contribution is 2.42. The van der Waals surface area contributed by atoms with Crippen molar-refractivity contribution in [1.82, 2.24) is 14.1 Å². The molecule has 2 aromatic carbocycles. The van der Waals surface area contributed by atoms with Crippen molar-refractivity contribution < 1.29 is 4.92 Å². The summed E-state index contributed by atoms with van der Waals surface area (Å²) in [6.07, 6.45) is 1.88. The van der Waals surface area contributed by atoms with Gasteiger partial charge in [-0.15, -0.1) is 0 Å². The minimum Gasteiger partial charge on any atom is -0.337 e. The molecule has 4 aromatic rings. The van der Waals surface area contributed by atoms with Crippen LogP contribution in [0.3, 0.4) is 0 Å². The molecule has 1 aliphatic rings. The van der Waals surface area contributed by atoms with Crippen LogP contribution in [0.1, 0.15) is 0 Å². The second-order valence-electron chi connectivity index (χ2n) is 6.13. The second-order valence-corrected chi connectivity index (χ2v) is 6.13. The van der Waals surface area contributed by atoms with Crippen molar-refractivity contribution in [3.05, 3.63) is 70.9 Å². The third-order valence-corrected chi connectivity index (χ3v) is 4.75. The number of nitro groups is 1. The van der Waals surface area contributed by atoms with Crippen molar-refractivity contribution in [2.24, 2.45) is 0 Å². The first kappa shape index (κ1) is 14.0. The highest BCUT2D eigenvalue weighted by molar-refractivity contribution is 5.88. The molecule has 0 unspecified atom stereocenters. The van der Waals surface area contributed by atoms with Gasteiger partial charge in [0, 0.05) is 19.3 Å². The zero-order valence-electron chi connectivity index (χ0n) is 13.3. The Morgan fingerprint density at radius 2 is 1.76 bits per heavy atom. The standard InChI is InChI=1S/C19H14N4O2/c24-23(25)17-14(13-6-2-1-3-7-13)12-21-10-11-22-16-9-5-4-8-15(16)20-19(22)18(17)21/h1-9,12H,10-11H2. The Morgan fingerprint density at radius 3 is 2.56 bits per heavy atom. The first-order valence-corrected chi connectivity index (χ1v) is 8.12. The first-order chi connectivity index (χ1) is 12.2. The van der Waals surface area contributed by atoms with Crippen LogP contribution in [0.2, 0.25) is 0 Å². The van der Waals surface area contributed by atoms with Crippen LogP contribution < -0.4 is 0 Å². The zero-order valence-corrected chi connectivity index (χ0v) is 13.3. The van der Waals surface area contributed by atoms with Crippen LogP contribution in [0.15, 0.2) is 60.8 Å². The Bertz CT molecular complexity index is 1130. The molecule has 0 saturated heterocycles. The van der Waals surface area contributed by atoms with Gasteiger partial charge in [0.25, 0.3) is 0 Å². The number of nitrogens with zero attached hydrogens (tertiary/aromatic N) is 4. The smallest absolute Gasteiger partial charge is 0.305 e. The Balaban J connectivity index is 1.84. The summed E-state index contributed by atoms with van der Waals surface area (Å²) < 4.78 is 4.04. The van der Waals surface area contributed by atoms with Gasteiger partial charge in [0.05, 0.1) is 21.5 Å². The van der Waals surface area contributed by atoms with Crippen LogP contribution >= 0.6 is 0 Å². The molecule has 1 aliphatic heterocycles. The summed E-state index contributed by atoms with van der Waals surface area (Å²) in [5.74, 6) is 0.668. The SMILES string of the molecule is O=[N+]([O-])c1c(-c2ccccc2)cn2c1-c1nc3ccccc3n1CC2. The van der Waals surface area contributed by atoms with E-state index in [1.54, 1.807) is 0 Å². The van der Waals surface area contributed by atoms with Crippen molar-refractivity contribution in [3.8, 4) is 22.6 Å². The monoisotopic (exact) mass is 330 g/mol. The molecule has 2 aromatic heterocycles. The number of fused-ring (bicyclic) bond motifs is 5. The molecule has 0 amide bonds. The van der Waals surface area contributed by atoms with E-state index >= 15 is 0 Å². The molecule has 0 radical (unpaired) electrons. The van der Waals surface area contributed by atoms with E-state index in [1.165, 1.54) is 0 Å². The highest BCUT2D eigenvalue weighted by atomic mass is 16.6. The van der Waals surface area contributed by atoms with Gasteiger partial charge in [0.1, 0.15) is 0 Å². The molecule has 5 rings (SSSR count). The van der Waals surface area contributed by atoms with Gasteiger partial charge in [-0.3, -0.25) is 10.1 Å². The molecule has 0 N–H and O–H groups in total. The van der Waals surface area contributed by atoms with Crippen molar-refractivity contribution in [1.29, 1.82) is 0 Å². The minimum atomic E-state index is -0.289. The molecule has 0 fully saturated rings. The molecule has 25 heavy (non-hydrogen) atoms. The maximum absolute atomic E-state index is 11.9. The summed E-state index contributed by atoms with van der Waals surface area (Å²) in [6, 6.07) is 17.3. The Morgan fingerprint density at radius 1 is 1.00 bits per heavy atom. The number of imidazole rings is 1. The van der Waals surface area contributed by atoms with E-state index in [0.717, 1.165) is 23.1 Å². The van der Waals surface area contributed by atoms with Crippen LogP contribution in [0.5, 0.6) is 0 Å². The lowest BCUT2D eigenvalue weighted by molar-refractivity contribution is -0.383. The van der Waals surface area contributed by atoms with E-state index in [4.69, 9.17) is 0 Å². The van der Waals surface area contributed by atoms with Crippen molar-refractivity contribution in [2.45, 2.75) is 13.1 Å². The lowest BCUT2D eigenvalue weighted by atomic mass is 10.1. The van der Waals surface area contributed by atoms with E-state index in [-0.39, 0.29) is 10.6 Å². The first-order valence-electron chi connectivity index (χ1n) is 8.12. The van der Waals surface area contributed by atoms with Crippen LogP contribution in [0, 0.1) is 10.1 Å². The fourth-order valence-corrected chi connectivity index (χ4v) is 3.66. The van der Waals surface area contributed by atoms with E-state index in [1.807, 2.05) is 65.4 Å². The summed E-state index contributed by atoms with van der Waals surface area (Å²) in [6.45, 7) is 1.44. The Hall–Kier alpha value is -3.41. The molecule has 3 heterocycles. The Kier molecular flexibility index (Phi) is 2.82. The van der Waals surface area contributed by atoms with Crippen LogP contribution in [0.25, 0.3) is 33.7 Å². The topological polar surface area (TPSA) is 65.9 Å². The molecule has 0 bridgehead atoms. The molecular weight excluding hydrogens is 316 g/mol. The summed E-state index contributed by atoms with van der Waals surface area (Å²) in [5, 5.41) is 11.9. The highest BCUT2D eigenvalue weighted by Gasteiger charge is 2.33. The van der Waals surface area contributed by atoms with Crippen LogP contribution in [-0.4, -0.2) is 19.0 Å². The summed E-state index contributed by atoms with van der Waals surface area (Å²) in [4.78, 5) is 16.3. The zero-order chi connectivity index (χ0) is 17.0. The largest absolute Gasteiger partial charge is 0.337 e. The number of aryl methyl sites for hydroxylation is 2. The third-order valence-electron chi connectivity index (χ3n) is 4.75. The molecule has 0 aliphatic carbocycles. The van der Waals surface area contributed by atoms with Gasteiger partial charge in [-0.05, 0) is 17.7 Å². The summed E-state index contributed by atoms with van der Waals surface area (Å²) in [7, 11) is 0. The van der Waals surface area contributed by atoms with Gasteiger partial charge in [-0.2, -0.15) is 0 Å². The average molecular weight is 330 g/mol.